The lowest BCUT2D eigenvalue weighted by atomic mass is 10.0. The highest BCUT2D eigenvalue weighted by Crippen LogP contribution is 2.38. The predicted molar refractivity (Wildman–Crippen MR) is 112 cm³/mol. The lowest BCUT2D eigenvalue weighted by Gasteiger charge is -2.32. The minimum Gasteiger partial charge on any atom is -0.367 e. The number of fused-ring (bicyclic) bond motifs is 1. The SMILES string of the molecule is O=C(CCCc1c[nH]c2ccccc12)N1CCCC(OCc2nc(C3CC3)no2)C1. The molecule has 30 heavy (non-hydrogen) atoms. The number of piperidine rings is 1. The van der Waals surface area contributed by atoms with Crippen molar-refractivity contribution in [3.05, 3.63) is 47.7 Å². The van der Waals surface area contributed by atoms with Gasteiger partial charge in [0.15, 0.2) is 5.82 Å². The van der Waals surface area contributed by atoms with Crippen LogP contribution in [0, 0.1) is 0 Å². The Morgan fingerprint density at radius 1 is 1.27 bits per heavy atom. The number of para-hydroxylation sites is 1. The van der Waals surface area contributed by atoms with Crippen LogP contribution in [0.3, 0.4) is 0 Å². The molecule has 1 saturated heterocycles. The summed E-state index contributed by atoms with van der Waals surface area (Å²) in [5, 5.41) is 5.28. The van der Waals surface area contributed by atoms with Crippen molar-refractivity contribution >= 4 is 16.8 Å². The van der Waals surface area contributed by atoms with Crippen molar-refractivity contribution in [2.45, 2.75) is 63.6 Å². The van der Waals surface area contributed by atoms with Crippen LogP contribution in [0.15, 0.2) is 35.0 Å². The van der Waals surface area contributed by atoms with Crippen molar-refractivity contribution in [3.63, 3.8) is 0 Å². The van der Waals surface area contributed by atoms with Crippen molar-refractivity contribution in [2.24, 2.45) is 0 Å². The highest BCUT2D eigenvalue weighted by atomic mass is 16.5. The highest BCUT2D eigenvalue weighted by Gasteiger charge is 2.29. The number of amides is 1. The van der Waals surface area contributed by atoms with Gasteiger partial charge in [0, 0.05) is 42.5 Å². The van der Waals surface area contributed by atoms with E-state index in [9.17, 15) is 4.79 Å². The smallest absolute Gasteiger partial charge is 0.252 e. The molecule has 3 aromatic rings. The van der Waals surface area contributed by atoms with Crippen LogP contribution in [0.5, 0.6) is 0 Å². The number of H-pyrrole nitrogens is 1. The number of rotatable bonds is 8. The standard InChI is InChI=1S/C23H28N4O3/c28-22(9-3-5-17-13-24-20-8-2-1-7-19(17)20)27-12-4-6-18(14-27)29-15-21-25-23(26-30-21)16-10-11-16/h1-2,7-8,13,16,18,24H,3-6,9-12,14-15H2. The number of hydrogen-bond acceptors (Lipinski definition) is 5. The van der Waals surface area contributed by atoms with Gasteiger partial charge in [0.1, 0.15) is 6.61 Å². The third-order valence-electron chi connectivity index (χ3n) is 6.11. The van der Waals surface area contributed by atoms with Gasteiger partial charge in [0.25, 0.3) is 5.89 Å². The number of hydrogen-bond donors (Lipinski definition) is 1. The van der Waals surface area contributed by atoms with E-state index in [-0.39, 0.29) is 12.0 Å². The molecule has 1 aliphatic carbocycles. The second-order valence-electron chi connectivity index (χ2n) is 8.45. The summed E-state index contributed by atoms with van der Waals surface area (Å²) in [6.45, 7) is 1.79. The van der Waals surface area contributed by atoms with Crippen LogP contribution in [-0.2, 0) is 22.6 Å². The summed E-state index contributed by atoms with van der Waals surface area (Å²) < 4.78 is 11.3. The molecular weight excluding hydrogens is 380 g/mol. The summed E-state index contributed by atoms with van der Waals surface area (Å²) in [6.07, 6.45) is 8.66. The first-order valence-corrected chi connectivity index (χ1v) is 11.0. The van der Waals surface area contributed by atoms with E-state index in [1.807, 2.05) is 11.0 Å². The molecular formula is C23H28N4O3. The monoisotopic (exact) mass is 408 g/mol. The second-order valence-corrected chi connectivity index (χ2v) is 8.45. The maximum atomic E-state index is 12.7. The van der Waals surface area contributed by atoms with Crippen molar-refractivity contribution in [1.82, 2.24) is 20.0 Å². The Hall–Kier alpha value is -2.67. The van der Waals surface area contributed by atoms with E-state index in [0.717, 1.165) is 56.4 Å². The molecule has 158 valence electrons. The molecule has 1 N–H and O–H groups in total. The number of aryl methyl sites for hydroxylation is 1. The Labute approximate surface area is 175 Å². The van der Waals surface area contributed by atoms with E-state index in [2.05, 4.69) is 39.5 Å². The number of aromatic amines is 1. The van der Waals surface area contributed by atoms with Crippen molar-refractivity contribution in [2.75, 3.05) is 13.1 Å². The van der Waals surface area contributed by atoms with Crippen molar-refractivity contribution in [1.29, 1.82) is 0 Å². The van der Waals surface area contributed by atoms with Gasteiger partial charge in [-0.1, -0.05) is 23.4 Å². The Kier molecular flexibility index (Phi) is 5.53. The normalized spacial score (nSPS) is 19.5. The van der Waals surface area contributed by atoms with E-state index in [4.69, 9.17) is 9.26 Å². The van der Waals surface area contributed by atoms with Gasteiger partial charge in [0.05, 0.1) is 6.10 Å². The molecule has 7 heteroatoms. The second kappa shape index (κ2) is 8.60. The Bertz CT molecular complexity index is 1010. The molecule has 2 aromatic heterocycles. The van der Waals surface area contributed by atoms with Gasteiger partial charge in [-0.05, 0) is 50.2 Å². The fraction of sp³-hybridized carbons (Fsp3) is 0.522. The first-order chi connectivity index (χ1) is 14.8. The van der Waals surface area contributed by atoms with Crippen LogP contribution in [-0.4, -0.2) is 45.1 Å². The highest BCUT2D eigenvalue weighted by molar-refractivity contribution is 5.83. The largest absolute Gasteiger partial charge is 0.367 e. The number of likely N-dealkylation sites (tertiary alicyclic amines) is 1. The van der Waals surface area contributed by atoms with E-state index < -0.39 is 0 Å². The maximum absolute atomic E-state index is 12.7. The van der Waals surface area contributed by atoms with E-state index in [1.165, 1.54) is 10.9 Å². The first kappa shape index (κ1) is 19.3. The third-order valence-corrected chi connectivity index (χ3v) is 6.11. The van der Waals surface area contributed by atoms with Gasteiger partial charge in [-0.15, -0.1) is 0 Å². The molecule has 1 aliphatic heterocycles. The van der Waals surface area contributed by atoms with Crippen molar-refractivity contribution < 1.29 is 14.1 Å². The molecule has 1 unspecified atom stereocenters. The molecule has 0 spiro atoms. The molecule has 0 radical (unpaired) electrons. The van der Waals surface area contributed by atoms with Gasteiger partial charge in [0.2, 0.25) is 5.91 Å². The summed E-state index contributed by atoms with van der Waals surface area (Å²) in [6, 6.07) is 8.30. The van der Waals surface area contributed by atoms with Crippen LogP contribution >= 0.6 is 0 Å². The zero-order valence-corrected chi connectivity index (χ0v) is 17.2. The van der Waals surface area contributed by atoms with Gasteiger partial charge >= 0.3 is 0 Å². The maximum Gasteiger partial charge on any atom is 0.252 e. The summed E-state index contributed by atoms with van der Waals surface area (Å²) in [5.41, 5.74) is 2.43. The molecule has 1 amide bonds. The molecule has 1 atom stereocenters. The van der Waals surface area contributed by atoms with Gasteiger partial charge in [-0.2, -0.15) is 4.98 Å². The number of carbonyl (C=O) groups is 1. The molecule has 2 fully saturated rings. The molecule has 1 aromatic carbocycles. The molecule has 0 bridgehead atoms. The first-order valence-electron chi connectivity index (χ1n) is 11.0. The van der Waals surface area contributed by atoms with E-state index in [1.54, 1.807) is 0 Å². The number of ether oxygens (including phenoxy) is 1. The Morgan fingerprint density at radius 3 is 3.07 bits per heavy atom. The molecule has 1 saturated carbocycles. The molecule has 7 nitrogen and oxygen atoms in total. The number of nitrogens with one attached hydrogen (secondary N) is 1. The van der Waals surface area contributed by atoms with E-state index >= 15 is 0 Å². The van der Waals surface area contributed by atoms with Gasteiger partial charge in [-0.25, -0.2) is 0 Å². The summed E-state index contributed by atoms with van der Waals surface area (Å²) in [5.74, 6) is 2.05. The number of benzene rings is 1. The van der Waals surface area contributed by atoms with Gasteiger partial charge < -0.3 is 19.1 Å². The average Bonchev–Trinajstić information content (AvgIpc) is 3.38. The molecule has 2 aliphatic rings. The lowest BCUT2D eigenvalue weighted by Crippen LogP contribution is -2.43. The van der Waals surface area contributed by atoms with Crippen LogP contribution in [0.25, 0.3) is 10.9 Å². The molecule has 3 heterocycles. The number of nitrogens with zero attached hydrogens (tertiary/aromatic N) is 3. The van der Waals surface area contributed by atoms with Crippen molar-refractivity contribution in [3.8, 4) is 0 Å². The zero-order valence-electron chi connectivity index (χ0n) is 17.2. The fourth-order valence-corrected chi connectivity index (χ4v) is 4.25. The quantitative estimate of drug-likeness (QED) is 0.610. The number of aromatic nitrogens is 3. The molecule has 5 rings (SSSR count). The minimum atomic E-state index is 0.0348. The Balaban J connectivity index is 1.07. The summed E-state index contributed by atoms with van der Waals surface area (Å²) in [7, 11) is 0. The Morgan fingerprint density at radius 2 is 2.17 bits per heavy atom. The zero-order chi connectivity index (χ0) is 20.3. The summed E-state index contributed by atoms with van der Waals surface area (Å²) >= 11 is 0. The fourth-order valence-electron chi connectivity index (χ4n) is 4.25. The lowest BCUT2D eigenvalue weighted by molar-refractivity contribution is -0.135. The average molecular weight is 409 g/mol. The minimum absolute atomic E-state index is 0.0348. The number of carbonyl (C=O) groups excluding carboxylic acids is 1. The topological polar surface area (TPSA) is 84.2 Å². The van der Waals surface area contributed by atoms with Crippen LogP contribution in [0.2, 0.25) is 0 Å². The van der Waals surface area contributed by atoms with Crippen LogP contribution in [0.4, 0.5) is 0 Å². The predicted octanol–water partition coefficient (Wildman–Crippen LogP) is 3.96. The van der Waals surface area contributed by atoms with Crippen LogP contribution in [0.1, 0.15) is 61.7 Å². The van der Waals surface area contributed by atoms with Crippen LogP contribution < -0.4 is 0 Å². The van der Waals surface area contributed by atoms with Gasteiger partial charge in [-0.3, -0.25) is 4.79 Å². The third kappa shape index (κ3) is 4.41. The van der Waals surface area contributed by atoms with E-state index in [0.29, 0.717) is 31.4 Å². The summed E-state index contributed by atoms with van der Waals surface area (Å²) in [4.78, 5) is 22.4.